The van der Waals surface area contributed by atoms with E-state index in [1.54, 1.807) is 0 Å². The first-order valence-corrected chi connectivity index (χ1v) is 15.0. The van der Waals surface area contributed by atoms with E-state index in [-0.39, 0.29) is 23.0 Å². The smallest absolute Gasteiger partial charge is 0.410 e. The van der Waals surface area contributed by atoms with Crippen molar-refractivity contribution in [2.75, 3.05) is 39.3 Å². The molecule has 39 heavy (non-hydrogen) atoms. The van der Waals surface area contributed by atoms with Crippen molar-refractivity contribution in [3.05, 3.63) is 34.9 Å². The van der Waals surface area contributed by atoms with Crippen LogP contribution in [0.2, 0.25) is 5.02 Å². The van der Waals surface area contributed by atoms with Crippen LogP contribution in [-0.4, -0.2) is 78.0 Å². The van der Waals surface area contributed by atoms with E-state index in [0.717, 1.165) is 69.8 Å². The maximum absolute atomic E-state index is 12.2. The number of guanidine groups is 1. The van der Waals surface area contributed by atoms with Gasteiger partial charge >= 0.3 is 6.09 Å². The number of likely N-dealkylation sites (tertiary alicyclic amines) is 2. The molecule has 1 atom stereocenters. The van der Waals surface area contributed by atoms with E-state index >= 15 is 0 Å². The zero-order valence-corrected chi connectivity index (χ0v) is 24.4. The predicted molar refractivity (Wildman–Crippen MR) is 155 cm³/mol. The summed E-state index contributed by atoms with van der Waals surface area (Å²) in [5.41, 5.74) is 6.74. The van der Waals surface area contributed by atoms with Crippen molar-refractivity contribution in [3.63, 3.8) is 0 Å². The van der Waals surface area contributed by atoms with Gasteiger partial charge in [0.15, 0.2) is 5.96 Å². The number of nitrogens with zero attached hydrogens (tertiary/aromatic N) is 3. The summed E-state index contributed by atoms with van der Waals surface area (Å²) in [6.07, 6.45) is 11.6. The highest BCUT2D eigenvalue weighted by Gasteiger charge is 2.48. The number of amides is 2. The summed E-state index contributed by atoms with van der Waals surface area (Å²) in [4.78, 5) is 29.1. The predicted octanol–water partition coefficient (Wildman–Crippen LogP) is 5.45. The second kappa shape index (κ2) is 12.8. The van der Waals surface area contributed by atoms with Crippen molar-refractivity contribution in [1.82, 2.24) is 14.7 Å². The van der Waals surface area contributed by atoms with E-state index in [0.29, 0.717) is 18.4 Å². The maximum Gasteiger partial charge on any atom is 0.410 e. The van der Waals surface area contributed by atoms with Gasteiger partial charge in [-0.25, -0.2) is 4.79 Å². The molecular formula is C30H46ClN5O3. The quantitative estimate of drug-likeness (QED) is 0.284. The summed E-state index contributed by atoms with van der Waals surface area (Å²) in [5.74, 6) is 1.32. The second-order valence-electron chi connectivity index (χ2n) is 12.5. The standard InChI is InChI=1S/C18H30N2O3.C12H16ClN3/c1-17(2)13-23-16(22)20(17)12-18(15-6-4-3-5-7-15)8-10-19(14-21)11-9-18;13-11-5-3-9(4-6-11)10-2-1-7-16(8-10)12(14)15/h14-15H,3-13H2,1-2H3;3-6,10H,1-2,7-8H2,(H3,14,15)/t;10-/m.0/s1. The summed E-state index contributed by atoms with van der Waals surface area (Å²) in [5, 5.41) is 8.22. The van der Waals surface area contributed by atoms with E-state index in [4.69, 9.17) is 27.5 Å². The molecule has 0 spiro atoms. The minimum atomic E-state index is -0.222. The van der Waals surface area contributed by atoms with E-state index in [2.05, 4.69) is 26.0 Å². The van der Waals surface area contributed by atoms with Crippen LogP contribution in [0.4, 0.5) is 4.79 Å². The van der Waals surface area contributed by atoms with Crippen molar-refractivity contribution in [2.24, 2.45) is 17.1 Å². The Morgan fingerprint density at radius 1 is 1.08 bits per heavy atom. The third kappa shape index (κ3) is 7.19. The molecule has 1 aliphatic carbocycles. The first kappa shape index (κ1) is 29.5. The summed E-state index contributed by atoms with van der Waals surface area (Å²) < 4.78 is 5.32. The molecule has 4 aliphatic rings. The van der Waals surface area contributed by atoms with Gasteiger partial charge in [-0.2, -0.15) is 0 Å². The molecule has 1 saturated carbocycles. The van der Waals surface area contributed by atoms with Gasteiger partial charge in [0, 0.05) is 43.7 Å². The Balaban J connectivity index is 0.000000193. The number of nitrogens with two attached hydrogens (primary N) is 1. The van der Waals surface area contributed by atoms with Crippen molar-refractivity contribution in [3.8, 4) is 0 Å². The van der Waals surface area contributed by atoms with Crippen LogP contribution in [0.5, 0.6) is 0 Å². The van der Waals surface area contributed by atoms with Gasteiger partial charge in [0.2, 0.25) is 6.41 Å². The number of hydrogen-bond acceptors (Lipinski definition) is 4. The molecule has 3 N–H and O–H groups in total. The topological polar surface area (TPSA) is 103 Å². The molecule has 0 radical (unpaired) electrons. The summed E-state index contributed by atoms with van der Waals surface area (Å²) in [6.45, 7) is 8.84. The fraction of sp³-hybridized carbons (Fsp3) is 0.700. The zero-order valence-electron chi connectivity index (χ0n) is 23.7. The van der Waals surface area contributed by atoms with Crippen LogP contribution in [0, 0.1) is 16.7 Å². The first-order valence-electron chi connectivity index (χ1n) is 14.6. The molecule has 3 saturated heterocycles. The molecule has 0 aromatic heterocycles. The third-order valence-electron chi connectivity index (χ3n) is 9.49. The van der Waals surface area contributed by atoms with Gasteiger partial charge in [0.25, 0.3) is 0 Å². The van der Waals surface area contributed by atoms with Gasteiger partial charge in [-0.15, -0.1) is 0 Å². The van der Waals surface area contributed by atoms with Crippen LogP contribution in [0.1, 0.15) is 83.1 Å². The van der Waals surface area contributed by atoms with Crippen molar-refractivity contribution >= 4 is 30.1 Å². The lowest BCUT2D eigenvalue weighted by Crippen LogP contribution is -2.54. The van der Waals surface area contributed by atoms with Crippen molar-refractivity contribution in [2.45, 2.75) is 83.1 Å². The lowest BCUT2D eigenvalue weighted by atomic mass is 9.63. The minimum Gasteiger partial charge on any atom is -0.447 e. The van der Waals surface area contributed by atoms with Gasteiger partial charge in [-0.1, -0.05) is 43.0 Å². The number of hydrogen-bond donors (Lipinski definition) is 2. The van der Waals surface area contributed by atoms with Gasteiger partial charge < -0.3 is 20.3 Å². The number of carbonyl (C=O) groups is 2. The zero-order chi connectivity index (χ0) is 28.0. The Morgan fingerprint density at radius 2 is 1.74 bits per heavy atom. The van der Waals surface area contributed by atoms with Gasteiger partial charge in [0.05, 0.1) is 5.54 Å². The Hall–Kier alpha value is -2.48. The molecule has 0 bridgehead atoms. The summed E-state index contributed by atoms with van der Waals surface area (Å²) in [7, 11) is 0. The lowest BCUT2D eigenvalue weighted by Gasteiger charge is -2.50. The summed E-state index contributed by atoms with van der Waals surface area (Å²) >= 11 is 5.87. The van der Waals surface area contributed by atoms with Crippen molar-refractivity contribution in [1.29, 1.82) is 5.41 Å². The van der Waals surface area contributed by atoms with Gasteiger partial charge in [-0.05, 0) is 81.4 Å². The van der Waals surface area contributed by atoms with Crippen LogP contribution in [0.25, 0.3) is 0 Å². The highest BCUT2D eigenvalue weighted by atomic mass is 35.5. The van der Waals surface area contributed by atoms with E-state index in [1.165, 1.54) is 37.7 Å². The number of nitrogens with one attached hydrogen (secondary N) is 1. The summed E-state index contributed by atoms with van der Waals surface area (Å²) in [6, 6.07) is 7.97. The van der Waals surface area contributed by atoms with Crippen LogP contribution >= 0.6 is 11.6 Å². The highest BCUT2D eigenvalue weighted by Crippen LogP contribution is 2.47. The molecular weight excluding hydrogens is 514 g/mol. The number of ether oxygens (including phenoxy) is 1. The highest BCUT2D eigenvalue weighted by molar-refractivity contribution is 6.30. The average Bonchev–Trinajstić information content (AvgIpc) is 3.21. The van der Waals surface area contributed by atoms with Crippen molar-refractivity contribution < 1.29 is 14.3 Å². The maximum atomic E-state index is 12.2. The van der Waals surface area contributed by atoms with Gasteiger partial charge in [0.1, 0.15) is 6.61 Å². The Kier molecular flexibility index (Phi) is 9.68. The monoisotopic (exact) mass is 559 g/mol. The fourth-order valence-electron chi connectivity index (χ4n) is 6.92. The largest absolute Gasteiger partial charge is 0.447 e. The average molecular weight is 560 g/mol. The van der Waals surface area contributed by atoms with E-state index < -0.39 is 0 Å². The molecule has 9 heteroatoms. The Bertz CT molecular complexity index is 987. The minimum absolute atomic E-state index is 0.153. The lowest BCUT2D eigenvalue weighted by molar-refractivity contribution is -0.121. The van der Waals surface area contributed by atoms with Crippen LogP contribution < -0.4 is 5.73 Å². The Labute approximate surface area is 238 Å². The number of halogens is 1. The van der Waals surface area contributed by atoms with Crippen LogP contribution in [0.15, 0.2) is 24.3 Å². The molecule has 0 unspecified atom stereocenters. The molecule has 1 aromatic rings. The SMILES string of the molecule is CC1(C)COC(=O)N1CC1(C2CCCCC2)CCN(C=O)CC1.N=C(N)N1CCC[C@H](c2ccc(Cl)cc2)C1. The normalized spacial score (nSPS) is 24.9. The molecule has 3 aliphatic heterocycles. The number of benzene rings is 1. The molecule has 1 aromatic carbocycles. The fourth-order valence-corrected chi connectivity index (χ4v) is 7.05. The molecule has 216 valence electrons. The van der Waals surface area contributed by atoms with Gasteiger partial charge in [-0.3, -0.25) is 15.1 Å². The first-order chi connectivity index (χ1) is 18.6. The third-order valence-corrected chi connectivity index (χ3v) is 9.74. The molecule has 2 amide bonds. The molecule has 8 nitrogen and oxygen atoms in total. The number of rotatable bonds is 5. The van der Waals surface area contributed by atoms with Crippen LogP contribution in [0.3, 0.4) is 0 Å². The molecule has 5 rings (SSSR count). The Morgan fingerprint density at radius 3 is 2.31 bits per heavy atom. The van der Waals surface area contributed by atoms with E-state index in [9.17, 15) is 9.59 Å². The number of cyclic esters (lactones) is 1. The second-order valence-corrected chi connectivity index (χ2v) is 13.0. The van der Waals surface area contributed by atoms with E-state index in [1.807, 2.05) is 26.8 Å². The number of piperidine rings is 2. The number of carbonyl (C=O) groups excluding carboxylic acids is 2. The molecule has 3 heterocycles. The molecule has 4 fully saturated rings. The van der Waals surface area contributed by atoms with Crippen LogP contribution in [-0.2, 0) is 9.53 Å².